The van der Waals surface area contributed by atoms with Crippen molar-refractivity contribution in [2.24, 2.45) is 5.73 Å². The number of carboxylic acid groups (broad SMARTS) is 2. The van der Waals surface area contributed by atoms with Gasteiger partial charge >= 0.3 is 18.1 Å². The highest BCUT2D eigenvalue weighted by Crippen LogP contribution is 2.39. The van der Waals surface area contributed by atoms with Gasteiger partial charge in [-0.3, -0.25) is 10.1 Å². The third kappa shape index (κ3) is 8.59. The maximum atomic E-state index is 13.3. The molecule has 0 saturated carbocycles. The molecule has 5 rings (SSSR count). The summed E-state index contributed by atoms with van der Waals surface area (Å²) < 4.78 is 77.6. The van der Waals surface area contributed by atoms with E-state index in [9.17, 15) is 31.5 Å². The summed E-state index contributed by atoms with van der Waals surface area (Å²) in [6, 6.07) is 26.0. The van der Waals surface area contributed by atoms with Crippen LogP contribution in [0.3, 0.4) is 0 Å². The van der Waals surface area contributed by atoms with Gasteiger partial charge in [-0.05, 0) is 70.9 Å². The lowest BCUT2D eigenvalue weighted by Gasteiger charge is -2.17. The number of aliphatic carboxylic acids is 1. The molecular weight excluding hydrogens is 683 g/mol. The molecule has 0 atom stereocenters. The number of aromatic carboxylic acids is 1. The first-order valence-electron chi connectivity index (χ1n) is 14.1. The fraction of sp³-hybridized carbons (Fsp3) is 0.0882. The van der Waals surface area contributed by atoms with E-state index < -0.39 is 28.1 Å². The van der Waals surface area contributed by atoms with Crippen molar-refractivity contribution in [2.45, 2.75) is 11.1 Å². The minimum absolute atomic E-state index is 0.0162. The summed E-state index contributed by atoms with van der Waals surface area (Å²) in [5.41, 5.74) is 7.11. The smallest absolute Gasteiger partial charge is 0.490 e. The first-order valence-corrected chi connectivity index (χ1v) is 15.6. The van der Waals surface area contributed by atoms with E-state index in [1.165, 1.54) is 50.6 Å². The number of rotatable bonds is 10. The van der Waals surface area contributed by atoms with Crippen molar-refractivity contribution in [1.29, 1.82) is 5.41 Å². The number of fused-ring (bicyclic) bond motifs is 1. The molecular formula is C34H28F3N3O9S. The molecule has 260 valence electrons. The van der Waals surface area contributed by atoms with Crippen LogP contribution in [0.4, 0.5) is 18.9 Å². The molecule has 0 aliphatic carbocycles. The van der Waals surface area contributed by atoms with E-state index in [-0.39, 0.29) is 27.7 Å². The second-order valence-electron chi connectivity index (χ2n) is 10.2. The molecule has 0 aromatic heterocycles. The number of nitrogens with two attached hydrogens (primary N) is 1. The van der Waals surface area contributed by atoms with Gasteiger partial charge in [0.15, 0.2) is 11.5 Å². The maximum Gasteiger partial charge on any atom is 0.490 e. The highest BCUT2D eigenvalue weighted by Gasteiger charge is 2.38. The number of carbonyl (C=O) groups is 2. The first-order chi connectivity index (χ1) is 23.5. The first kappa shape index (κ1) is 36.5. The minimum atomic E-state index is -5.08. The second-order valence-corrected chi connectivity index (χ2v) is 11.9. The molecule has 0 fully saturated rings. The van der Waals surface area contributed by atoms with Crippen molar-refractivity contribution < 1.29 is 55.6 Å². The fourth-order valence-corrected chi connectivity index (χ4v) is 5.64. The van der Waals surface area contributed by atoms with Crippen LogP contribution in [0.25, 0.3) is 21.9 Å². The quantitative estimate of drug-likeness (QED) is 0.0764. The van der Waals surface area contributed by atoms with Gasteiger partial charge in [-0.1, -0.05) is 36.4 Å². The Kier molecular flexibility index (Phi) is 10.9. The average Bonchev–Trinajstić information content (AvgIpc) is 3.08. The Hall–Kier alpha value is -6.29. The molecule has 12 nitrogen and oxygen atoms in total. The zero-order chi connectivity index (χ0) is 36.8. The summed E-state index contributed by atoms with van der Waals surface area (Å²) in [5.74, 6) is -2.54. The van der Waals surface area contributed by atoms with E-state index in [1.807, 2.05) is 12.1 Å². The molecule has 0 saturated heterocycles. The zero-order valence-corrected chi connectivity index (χ0v) is 26.9. The number of carboxylic acids is 2. The molecule has 0 unspecified atom stereocenters. The van der Waals surface area contributed by atoms with E-state index in [2.05, 4.69) is 4.72 Å². The minimum Gasteiger partial charge on any atom is -0.493 e. The number of halogens is 3. The molecule has 0 amide bonds. The summed E-state index contributed by atoms with van der Waals surface area (Å²) in [6.45, 7) is 0. The number of alkyl halides is 3. The number of nitrogen functional groups attached to an aromatic ring is 1. The Morgan fingerprint density at radius 3 is 2.02 bits per heavy atom. The molecule has 0 aliphatic heterocycles. The standard InChI is InChI=1S/C32H27N3O7S.C2HF3O2/c1-40-29-14-12-24(18-30(29)41-2)43(38,39)35-22-10-13-28(27(17-22)25-5-3-4-6-26(25)32(36)37)42-23-11-9-19-15-21(31(33)34)8-7-20(19)16-23;3-2(4,5)1(6)7/h3-18,35H,1-2H3,(H3,33,34)(H,36,37);(H,6,7). The van der Waals surface area contributed by atoms with Crippen LogP contribution in [0.1, 0.15) is 15.9 Å². The van der Waals surface area contributed by atoms with E-state index in [0.717, 1.165) is 10.8 Å². The number of benzene rings is 5. The van der Waals surface area contributed by atoms with Gasteiger partial charge in [0.25, 0.3) is 10.0 Å². The summed E-state index contributed by atoms with van der Waals surface area (Å²) in [5, 5.41) is 26.4. The van der Waals surface area contributed by atoms with E-state index in [0.29, 0.717) is 33.9 Å². The number of ether oxygens (including phenoxy) is 3. The van der Waals surface area contributed by atoms with Gasteiger partial charge in [0.2, 0.25) is 0 Å². The predicted molar refractivity (Wildman–Crippen MR) is 178 cm³/mol. The highest BCUT2D eigenvalue weighted by atomic mass is 32.2. The SMILES string of the molecule is COc1ccc(S(=O)(=O)Nc2ccc(Oc3ccc4cc(C(=N)N)ccc4c3)c(-c3ccccc3C(=O)O)c2)cc1OC.O=C(O)C(F)(F)F. The van der Waals surface area contributed by atoms with Crippen LogP contribution < -0.4 is 24.7 Å². The number of methoxy groups -OCH3 is 2. The van der Waals surface area contributed by atoms with Crippen LogP contribution >= 0.6 is 0 Å². The Bertz CT molecular complexity index is 2210. The Labute approximate surface area is 283 Å². The van der Waals surface area contributed by atoms with Crippen molar-refractivity contribution in [3.8, 4) is 34.1 Å². The third-order valence-corrected chi connectivity index (χ3v) is 8.32. The molecule has 0 aliphatic rings. The van der Waals surface area contributed by atoms with Gasteiger partial charge in [-0.15, -0.1) is 0 Å². The van der Waals surface area contributed by atoms with Crippen LogP contribution in [-0.2, 0) is 14.8 Å². The van der Waals surface area contributed by atoms with Gasteiger partial charge in [-0.2, -0.15) is 13.2 Å². The normalized spacial score (nSPS) is 11.1. The molecule has 0 heterocycles. The number of anilines is 1. The topological polar surface area (TPSA) is 198 Å². The molecule has 5 aromatic rings. The van der Waals surface area contributed by atoms with Crippen LogP contribution in [0.2, 0.25) is 0 Å². The van der Waals surface area contributed by atoms with E-state index >= 15 is 0 Å². The van der Waals surface area contributed by atoms with E-state index in [1.54, 1.807) is 48.5 Å². The molecule has 50 heavy (non-hydrogen) atoms. The van der Waals surface area contributed by atoms with Crippen molar-refractivity contribution in [3.63, 3.8) is 0 Å². The van der Waals surface area contributed by atoms with Gasteiger partial charge in [0.05, 0.1) is 24.7 Å². The maximum absolute atomic E-state index is 13.3. The van der Waals surface area contributed by atoms with Crippen molar-refractivity contribution in [2.75, 3.05) is 18.9 Å². The molecule has 6 N–H and O–H groups in total. The monoisotopic (exact) mass is 711 g/mol. The Morgan fingerprint density at radius 2 is 1.40 bits per heavy atom. The number of sulfonamides is 1. The lowest BCUT2D eigenvalue weighted by atomic mass is 9.98. The molecule has 0 spiro atoms. The van der Waals surface area contributed by atoms with Crippen LogP contribution in [0.15, 0.2) is 102 Å². The van der Waals surface area contributed by atoms with Crippen molar-refractivity contribution >= 4 is 44.3 Å². The average molecular weight is 712 g/mol. The Morgan fingerprint density at radius 1 is 0.780 bits per heavy atom. The summed E-state index contributed by atoms with van der Waals surface area (Å²) in [7, 11) is -1.21. The second kappa shape index (κ2) is 14.9. The Balaban J connectivity index is 0.000000727. The van der Waals surface area contributed by atoms with Crippen LogP contribution in [-0.4, -0.2) is 56.8 Å². The number of hydrogen-bond donors (Lipinski definition) is 5. The highest BCUT2D eigenvalue weighted by molar-refractivity contribution is 7.92. The van der Waals surface area contributed by atoms with Crippen molar-refractivity contribution in [1.82, 2.24) is 0 Å². The predicted octanol–water partition coefficient (Wildman–Crippen LogP) is 6.73. The third-order valence-electron chi connectivity index (χ3n) is 6.94. The van der Waals surface area contributed by atoms with E-state index in [4.69, 9.17) is 35.3 Å². The number of amidine groups is 1. The zero-order valence-electron chi connectivity index (χ0n) is 26.1. The summed E-state index contributed by atoms with van der Waals surface area (Å²) in [6.07, 6.45) is -5.08. The van der Waals surface area contributed by atoms with Crippen molar-refractivity contribution in [3.05, 3.63) is 108 Å². The largest absolute Gasteiger partial charge is 0.493 e. The van der Waals surface area contributed by atoms with Crippen LogP contribution in [0, 0.1) is 5.41 Å². The summed E-state index contributed by atoms with van der Waals surface area (Å²) >= 11 is 0. The van der Waals surface area contributed by atoms with Gasteiger partial charge in [-0.25, -0.2) is 18.0 Å². The van der Waals surface area contributed by atoms with Gasteiger partial charge in [0, 0.05) is 22.9 Å². The van der Waals surface area contributed by atoms with Gasteiger partial charge < -0.3 is 30.2 Å². The fourth-order valence-electron chi connectivity index (χ4n) is 4.58. The number of nitrogens with one attached hydrogen (secondary N) is 2. The van der Waals surface area contributed by atoms with Crippen LogP contribution in [0.5, 0.6) is 23.0 Å². The lowest BCUT2D eigenvalue weighted by molar-refractivity contribution is -0.192. The summed E-state index contributed by atoms with van der Waals surface area (Å²) in [4.78, 5) is 20.9. The molecule has 16 heteroatoms. The molecule has 5 aromatic carbocycles. The molecule has 0 radical (unpaired) electrons. The number of hydrogen-bond acceptors (Lipinski definition) is 8. The van der Waals surface area contributed by atoms with Gasteiger partial charge in [0.1, 0.15) is 17.3 Å². The lowest BCUT2D eigenvalue weighted by Crippen LogP contribution is -2.21. The molecule has 0 bridgehead atoms.